The number of benzene rings is 1. The Labute approximate surface area is 111 Å². The number of hydrogen-bond donors (Lipinski definition) is 2. The van der Waals surface area contributed by atoms with E-state index in [-0.39, 0.29) is 17.4 Å². The minimum Gasteiger partial charge on any atom is -0.396 e. The van der Waals surface area contributed by atoms with Crippen molar-refractivity contribution in [3.8, 4) is 0 Å². The van der Waals surface area contributed by atoms with Crippen LogP contribution in [0.15, 0.2) is 18.2 Å². The number of rotatable bonds is 3. The molecule has 3 nitrogen and oxygen atoms in total. The van der Waals surface area contributed by atoms with Crippen molar-refractivity contribution in [3.63, 3.8) is 0 Å². The molecule has 0 radical (unpaired) electrons. The molecule has 2 rings (SSSR count). The maximum absolute atomic E-state index is 13.8. The zero-order chi connectivity index (χ0) is 13.1. The van der Waals surface area contributed by atoms with Crippen LogP contribution in [0.2, 0.25) is 0 Å². The Bertz CT molecular complexity index is 445. The number of aliphatic hydroxyl groups excluding tert-OH is 1. The van der Waals surface area contributed by atoms with E-state index in [1.165, 1.54) is 6.07 Å². The normalized spacial score (nSPS) is 16.9. The molecule has 0 bridgehead atoms. The number of halogens is 1. The summed E-state index contributed by atoms with van der Waals surface area (Å²) >= 11 is 4.78. The summed E-state index contributed by atoms with van der Waals surface area (Å²) in [6.45, 7) is 1.93. The van der Waals surface area contributed by atoms with Crippen molar-refractivity contribution >= 4 is 22.9 Å². The molecule has 3 N–H and O–H groups in total. The minimum absolute atomic E-state index is 0.0815. The van der Waals surface area contributed by atoms with Gasteiger partial charge in [-0.3, -0.25) is 0 Å². The van der Waals surface area contributed by atoms with Crippen molar-refractivity contribution in [1.29, 1.82) is 0 Å². The fourth-order valence-electron chi connectivity index (χ4n) is 2.27. The molecule has 1 fully saturated rings. The lowest BCUT2D eigenvalue weighted by Crippen LogP contribution is -2.34. The van der Waals surface area contributed by atoms with Crippen LogP contribution in [0.5, 0.6) is 0 Å². The molecule has 1 aromatic rings. The molecule has 98 valence electrons. The first kappa shape index (κ1) is 13.2. The highest BCUT2D eigenvalue weighted by Crippen LogP contribution is 2.24. The van der Waals surface area contributed by atoms with E-state index in [1.807, 2.05) is 6.07 Å². The first-order valence-electron chi connectivity index (χ1n) is 6.07. The van der Waals surface area contributed by atoms with E-state index in [0.717, 1.165) is 31.6 Å². The van der Waals surface area contributed by atoms with Gasteiger partial charge in [0.05, 0.1) is 0 Å². The summed E-state index contributed by atoms with van der Waals surface area (Å²) in [6.07, 6.45) is 1.88. The van der Waals surface area contributed by atoms with E-state index in [1.54, 1.807) is 6.07 Å². The molecule has 5 heteroatoms. The SMILES string of the molecule is NC(=S)c1ccc(N2CCC(CO)CC2)cc1F. The van der Waals surface area contributed by atoms with Crippen molar-refractivity contribution in [2.75, 3.05) is 24.6 Å². The van der Waals surface area contributed by atoms with Crippen molar-refractivity contribution in [1.82, 2.24) is 0 Å². The van der Waals surface area contributed by atoms with Crippen molar-refractivity contribution in [3.05, 3.63) is 29.6 Å². The summed E-state index contributed by atoms with van der Waals surface area (Å²) in [4.78, 5) is 2.21. The Balaban J connectivity index is 2.11. The standard InChI is InChI=1S/C13H17FN2OS/c14-12-7-10(1-2-11(12)13(15)18)16-5-3-9(8-17)4-6-16/h1-2,7,9,17H,3-6,8H2,(H2,15,18). The van der Waals surface area contributed by atoms with Gasteiger partial charge < -0.3 is 15.7 Å². The van der Waals surface area contributed by atoms with E-state index in [9.17, 15) is 4.39 Å². The Morgan fingerprint density at radius 3 is 2.61 bits per heavy atom. The second-order valence-corrected chi connectivity index (χ2v) is 5.08. The molecular weight excluding hydrogens is 251 g/mol. The third kappa shape index (κ3) is 2.79. The summed E-state index contributed by atoms with van der Waals surface area (Å²) in [7, 11) is 0. The molecule has 0 spiro atoms. The monoisotopic (exact) mass is 268 g/mol. The van der Waals surface area contributed by atoms with Gasteiger partial charge in [-0.1, -0.05) is 12.2 Å². The van der Waals surface area contributed by atoms with Crippen LogP contribution in [-0.4, -0.2) is 29.8 Å². The number of thiocarbonyl (C=S) groups is 1. The van der Waals surface area contributed by atoms with Gasteiger partial charge in [-0.15, -0.1) is 0 Å². The zero-order valence-corrected chi connectivity index (χ0v) is 10.9. The molecule has 1 heterocycles. The van der Waals surface area contributed by atoms with E-state index in [2.05, 4.69) is 4.90 Å². The fraction of sp³-hybridized carbons (Fsp3) is 0.462. The number of anilines is 1. The third-order valence-electron chi connectivity index (χ3n) is 3.46. The van der Waals surface area contributed by atoms with E-state index in [4.69, 9.17) is 23.1 Å². The number of nitrogens with two attached hydrogens (primary N) is 1. The molecule has 1 aliphatic rings. The third-order valence-corrected chi connectivity index (χ3v) is 3.68. The molecule has 1 aromatic carbocycles. The second-order valence-electron chi connectivity index (χ2n) is 4.64. The molecular formula is C13H17FN2OS. The molecule has 0 aromatic heterocycles. The number of hydrogen-bond acceptors (Lipinski definition) is 3. The second kappa shape index (κ2) is 5.63. The van der Waals surface area contributed by atoms with Crippen molar-refractivity contribution in [2.24, 2.45) is 11.7 Å². The lowest BCUT2D eigenvalue weighted by molar-refractivity contribution is 0.203. The highest BCUT2D eigenvalue weighted by Gasteiger charge is 2.19. The molecule has 0 unspecified atom stereocenters. The van der Waals surface area contributed by atoms with Crippen LogP contribution in [0.3, 0.4) is 0 Å². The van der Waals surface area contributed by atoms with Gasteiger partial charge in [0.15, 0.2) is 0 Å². The molecule has 0 aliphatic carbocycles. The summed E-state index contributed by atoms with van der Waals surface area (Å²) in [6, 6.07) is 4.95. The highest BCUT2D eigenvalue weighted by molar-refractivity contribution is 7.80. The van der Waals surface area contributed by atoms with Gasteiger partial charge in [0, 0.05) is 30.9 Å². The zero-order valence-electron chi connectivity index (χ0n) is 10.1. The molecule has 0 saturated carbocycles. The maximum Gasteiger partial charge on any atom is 0.135 e. The minimum atomic E-state index is -0.371. The van der Waals surface area contributed by atoms with E-state index in [0.29, 0.717) is 11.5 Å². The molecule has 18 heavy (non-hydrogen) atoms. The first-order chi connectivity index (χ1) is 8.61. The van der Waals surface area contributed by atoms with Crippen LogP contribution >= 0.6 is 12.2 Å². The quantitative estimate of drug-likeness (QED) is 0.819. The Morgan fingerprint density at radius 2 is 2.11 bits per heavy atom. The number of nitrogens with zero attached hydrogens (tertiary/aromatic N) is 1. The van der Waals surface area contributed by atoms with Crippen LogP contribution < -0.4 is 10.6 Å². The highest BCUT2D eigenvalue weighted by atomic mass is 32.1. The first-order valence-corrected chi connectivity index (χ1v) is 6.48. The lowest BCUT2D eigenvalue weighted by Gasteiger charge is -2.33. The van der Waals surface area contributed by atoms with Crippen LogP contribution in [0, 0.1) is 11.7 Å². The molecule has 0 amide bonds. The van der Waals surface area contributed by atoms with Gasteiger partial charge in [-0.05, 0) is 37.0 Å². The summed E-state index contributed by atoms with van der Waals surface area (Å²) in [5, 5.41) is 9.08. The summed E-state index contributed by atoms with van der Waals surface area (Å²) < 4.78 is 13.8. The van der Waals surface area contributed by atoms with Gasteiger partial charge >= 0.3 is 0 Å². The average molecular weight is 268 g/mol. The average Bonchev–Trinajstić information content (AvgIpc) is 2.38. The Kier molecular flexibility index (Phi) is 4.14. The topological polar surface area (TPSA) is 49.5 Å². The Hall–Kier alpha value is -1.20. The predicted octanol–water partition coefficient (Wildman–Crippen LogP) is 1.67. The van der Waals surface area contributed by atoms with E-state index < -0.39 is 0 Å². The van der Waals surface area contributed by atoms with Crippen LogP contribution in [-0.2, 0) is 0 Å². The van der Waals surface area contributed by atoms with Crippen LogP contribution in [0.1, 0.15) is 18.4 Å². The van der Waals surface area contributed by atoms with Crippen molar-refractivity contribution < 1.29 is 9.50 Å². The van der Waals surface area contributed by atoms with E-state index >= 15 is 0 Å². The van der Waals surface area contributed by atoms with Crippen molar-refractivity contribution in [2.45, 2.75) is 12.8 Å². The Morgan fingerprint density at radius 1 is 1.44 bits per heavy atom. The molecule has 0 atom stereocenters. The van der Waals surface area contributed by atoms with Gasteiger partial charge in [0.25, 0.3) is 0 Å². The summed E-state index contributed by atoms with van der Waals surface area (Å²) in [5.41, 5.74) is 6.57. The van der Waals surface area contributed by atoms with Gasteiger partial charge in [0.2, 0.25) is 0 Å². The molecule has 1 saturated heterocycles. The van der Waals surface area contributed by atoms with Crippen LogP contribution in [0.4, 0.5) is 10.1 Å². The fourth-order valence-corrected chi connectivity index (χ4v) is 2.44. The van der Waals surface area contributed by atoms with Crippen LogP contribution in [0.25, 0.3) is 0 Å². The molecule has 1 aliphatic heterocycles. The number of aliphatic hydroxyl groups is 1. The van der Waals surface area contributed by atoms with Gasteiger partial charge in [0.1, 0.15) is 10.8 Å². The van der Waals surface area contributed by atoms with Gasteiger partial charge in [-0.2, -0.15) is 0 Å². The summed E-state index contributed by atoms with van der Waals surface area (Å²) in [5.74, 6) is 0.00581. The predicted molar refractivity (Wildman–Crippen MR) is 74.3 cm³/mol. The smallest absolute Gasteiger partial charge is 0.135 e. The largest absolute Gasteiger partial charge is 0.396 e. The number of piperidine rings is 1. The lowest BCUT2D eigenvalue weighted by atomic mass is 9.97. The van der Waals surface area contributed by atoms with Gasteiger partial charge in [-0.25, -0.2) is 4.39 Å². The maximum atomic E-state index is 13.8.